The van der Waals surface area contributed by atoms with Gasteiger partial charge in [-0.05, 0) is 49.4 Å². The number of halogens is 2. The van der Waals surface area contributed by atoms with E-state index in [-0.39, 0.29) is 32.1 Å². The second-order valence-electron chi connectivity index (χ2n) is 8.30. The molecular weight excluding hydrogens is 474 g/mol. The van der Waals surface area contributed by atoms with Crippen molar-refractivity contribution in [1.82, 2.24) is 18.8 Å². The molecular formula is C25H22F2N4O3S. The van der Waals surface area contributed by atoms with E-state index in [9.17, 15) is 22.0 Å². The van der Waals surface area contributed by atoms with Gasteiger partial charge in [0, 0.05) is 43.5 Å². The summed E-state index contributed by atoms with van der Waals surface area (Å²) in [4.78, 5) is 18.7. The number of piperazine rings is 1. The first-order valence-corrected chi connectivity index (χ1v) is 12.5. The summed E-state index contributed by atoms with van der Waals surface area (Å²) >= 11 is 0. The SMILES string of the molecule is Cc1nc2cc(C(=O)N3CCN(S(=O)(=O)c4ccc(F)cc4F)CC3)ccc2n1-c1ccccc1. The zero-order valence-corrected chi connectivity index (χ0v) is 19.7. The lowest BCUT2D eigenvalue weighted by Gasteiger charge is -2.34. The van der Waals surface area contributed by atoms with Crippen molar-refractivity contribution in [3.63, 3.8) is 0 Å². The predicted molar refractivity (Wildman–Crippen MR) is 127 cm³/mol. The van der Waals surface area contributed by atoms with Crippen LogP contribution in [0.25, 0.3) is 16.7 Å². The van der Waals surface area contributed by atoms with Gasteiger partial charge < -0.3 is 4.90 Å². The number of rotatable bonds is 4. The van der Waals surface area contributed by atoms with Crippen molar-refractivity contribution in [2.75, 3.05) is 26.2 Å². The summed E-state index contributed by atoms with van der Waals surface area (Å²) in [5.74, 6) is -1.42. The number of aryl methyl sites for hydroxylation is 1. The van der Waals surface area contributed by atoms with Gasteiger partial charge in [0.25, 0.3) is 5.91 Å². The number of amides is 1. The average molecular weight is 497 g/mol. The molecule has 1 aromatic heterocycles. The smallest absolute Gasteiger partial charge is 0.254 e. The second-order valence-corrected chi connectivity index (χ2v) is 10.2. The van der Waals surface area contributed by atoms with E-state index >= 15 is 0 Å². The minimum absolute atomic E-state index is 0.00881. The molecule has 7 nitrogen and oxygen atoms in total. The summed E-state index contributed by atoms with van der Waals surface area (Å²) in [6.45, 7) is 2.22. The van der Waals surface area contributed by atoms with Crippen molar-refractivity contribution in [1.29, 1.82) is 0 Å². The van der Waals surface area contributed by atoms with Crippen molar-refractivity contribution in [3.05, 3.63) is 89.8 Å². The van der Waals surface area contributed by atoms with Gasteiger partial charge in [0.15, 0.2) is 0 Å². The molecule has 1 saturated heterocycles. The number of benzene rings is 3. The predicted octanol–water partition coefficient (Wildman–Crippen LogP) is 3.76. The van der Waals surface area contributed by atoms with Gasteiger partial charge in [0.05, 0.1) is 11.0 Å². The number of nitrogens with zero attached hydrogens (tertiary/aromatic N) is 4. The second kappa shape index (κ2) is 8.86. The Labute approximate surface area is 201 Å². The van der Waals surface area contributed by atoms with E-state index in [1.54, 1.807) is 17.0 Å². The largest absolute Gasteiger partial charge is 0.336 e. The Morgan fingerprint density at radius 2 is 1.63 bits per heavy atom. The fourth-order valence-corrected chi connectivity index (χ4v) is 5.84. The van der Waals surface area contributed by atoms with Crippen LogP contribution in [0.1, 0.15) is 16.2 Å². The number of hydrogen-bond donors (Lipinski definition) is 0. The summed E-state index contributed by atoms with van der Waals surface area (Å²) < 4.78 is 56.0. The third-order valence-corrected chi connectivity index (χ3v) is 8.05. The van der Waals surface area contributed by atoms with Crippen molar-refractivity contribution in [2.45, 2.75) is 11.8 Å². The molecule has 3 aromatic carbocycles. The van der Waals surface area contributed by atoms with E-state index in [4.69, 9.17) is 0 Å². The fourth-order valence-electron chi connectivity index (χ4n) is 4.37. The molecule has 0 saturated carbocycles. The number of fused-ring (bicyclic) bond motifs is 1. The third-order valence-electron chi connectivity index (χ3n) is 6.12. The maximum absolute atomic E-state index is 14.1. The Bertz CT molecular complexity index is 1530. The van der Waals surface area contributed by atoms with Crippen LogP contribution in [0.3, 0.4) is 0 Å². The van der Waals surface area contributed by atoms with Crippen LogP contribution in [0.15, 0.2) is 71.6 Å². The lowest BCUT2D eigenvalue weighted by Crippen LogP contribution is -2.50. The first kappa shape index (κ1) is 23.1. The highest BCUT2D eigenvalue weighted by Gasteiger charge is 2.32. The zero-order chi connectivity index (χ0) is 24.7. The van der Waals surface area contributed by atoms with Gasteiger partial charge in [-0.25, -0.2) is 22.2 Å². The Morgan fingerprint density at radius 3 is 2.31 bits per heavy atom. The third kappa shape index (κ3) is 4.19. The highest BCUT2D eigenvalue weighted by atomic mass is 32.2. The van der Waals surface area contributed by atoms with E-state index in [2.05, 4.69) is 4.98 Å². The molecule has 0 bridgehead atoms. The molecule has 0 N–H and O–H groups in total. The Kier molecular flexibility index (Phi) is 5.86. The lowest BCUT2D eigenvalue weighted by atomic mass is 10.1. The zero-order valence-electron chi connectivity index (χ0n) is 18.9. The van der Waals surface area contributed by atoms with Gasteiger partial charge >= 0.3 is 0 Å². The topological polar surface area (TPSA) is 75.5 Å². The van der Waals surface area contributed by atoms with Gasteiger partial charge in [-0.15, -0.1) is 0 Å². The maximum atomic E-state index is 14.1. The van der Waals surface area contributed by atoms with Crippen LogP contribution >= 0.6 is 0 Å². The molecule has 2 heterocycles. The summed E-state index contributed by atoms with van der Waals surface area (Å²) in [6, 6.07) is 17.5. The van der Waals surface area contributed by atoms with E-state index in [1.807, 2.05) is 47.9 Å². The van der Waals surface area contributed by atoms with Crippen LogP contribution in [0.4, 0.5) is 8.78 Å². The number of carbonyl (C=O) groups is 1. The molecule has 10 heteroatoms. The molecule has 1 aliphatic heterocycles. The average Bonchev–Trinajstić information content (AvgIpc) is 3.18. The summed E-state index contributed by atoms with van der Waals surface area (Å²) in [5, 5.41) is 0. The van der Waals surface area contributed by atoms with Gasteiger partial charge in [0.2, 0.25) is 10.0 Å². The monoisotopic (exact) mass is 496 g/mol. The Morgan fingerprint density at radius 1 is 0.914 bits per heavy atom. The molecule has 1 amide bonds. The molecule has 0 unspecified atom stereocenters. The highest BCUT2D eigenvalue weighted by molar-refractivity contribution is 7.89. The molecule has 0 aliphatic carbocycles. The molecule has 0 spiro atoms. The van der Waals surface area contributed by atoms with Crippen molar-refractivity contribution >= 4 is 27.0 Å². The number of imidazole rings is 1. The molecule has 0 radical (unpaired) electrons. The van der Waals surface area contributed by atoms with Gasteiger partial charge in [0.1, 0.15) is 22.4 Å². The van der Waals surface area contributed by atoms with Crippen molar-refractivity contribution in [3.8, 4) is 5.69 Å². The Hall–Kier alpha value is -3.63. The van der Waals surface area contributed by atoms with Crippen LogP contribution in [-0.2, 0) is 10.0 Å². The minimum atomic E-state index is -4.14. The van der Waals surface area contributed by atoms with E-state index in [1.165, 1.54) is 0 Å². The van der Waals surface area contributed by atoms with E-state index in [0.29, 0.717) is 17.1 Å². The van der Waals surface area contributed by atoms with Crippen LogP contribution < -0.4 is 0 Å². The van der Waals surface area contributed by atoms with Crippen LogP contribution in [0, 0.1) is 18.6 Å². The van der Waals surface area contributed by atoms with Crippen LogP contribution in [0.2, 0.25) is 0 Å². The first-order valence-electron chi connectivity index (χ1n) is 11.0. The number of hydrogen-bond acceptors (Lipinski definition) is 4. The van der Waals surface area contributed by atoms with Crippen LogP contribution in [-0.4, -0.2) is 59.3 Å². The highest BCUT2D eigenvalue weighted by Crippen LogP contribution is 2.25. The molecule has 0 atom stereocenters. The quantitative estimate of drug-likeness (QED) is 0.431. The molecule has 5 rings (SSSR count). The van der Waals surface area contributed by atoms with Gasteiger partial charge in [-0.1, -0.05) is 18.2 Å². The number of para-hydroxylation sites is 1. The molecule has 35 heavy (non-hydrogen) atoms. The van der Waals surface area contributed by atoms with Crippen molar-refractivity contribution < 1.29 is 22.0 Å². The van der Waals surface area contributed by atoms with Crippen LogP contribution in [0.5, 0.6) is 0 Å². The first-order chi connectivity index (χ1) is 16.8. The minimum Gasteiger partial charge on any atom is -0.336 e. The van der Waals surface area contributed by atoms with E-state index in [0.717, 1.165) is 33.5 Å². The number of carbonyl (C=O) groups excluding carboxylic acids is 1. The maximum Gasteiger partial charge on any atom is 0.254 e. The lowest BCUT2D eigenvalue weighted by molar-refractivity contribution is 0.0698. The Balaban J connectivity index is 1.33. The normalized spacial score (nSPS) is 15.0. The van der Waals surface area contributed by atoms with Gasteiger partial charge in [-0.2, -0.15) is 4.31 Å². The van der Waals surface area contributed by atoms with E-state index < -0.39 is 26.6 Å². The summed E-state index contributed by atoms with van der Waals surface area (Å²) in [6.07, 6.45) is 0. The number of sulfonamides is 1. The summed E-state index contributed by atoms with van der Waals surface area (Å²) in [7, 11) is -4.14. The number of aromatic nitrogens is 2. The molecule has 180 valence electrons. The van der Waals surface area contributed by atoms with Crippen molar-refractivity contribution in [2.24, 2.45) is 0 Å². The molecule has 4 aromatic rings. The van der Waals surface area contributed by atoms with Gasteiger partial charge in [-0.3, -0.25) is 9.36 Å². The molecule has 1 fully saturated rings. The molecule has 1 aliphatic rings. The standard InChI is InChI=1S/C25H22F2N4O3S/c1-17-28-22-15-18(7-9-23(22)31(17)20-5-3-2-4-6-20)25(32)29-11-13-30(14-12-29)35(33,34)24-10-8-19(26)16-21(24)27/h2-10,15-16H,11-14H2,1H3. The summed E-state index contributed by atoms with van der Waals surface area (Å²) in [5.41, 5.74) is 2.99. The fraction of sp³-hybridized carbons (Fsp3) is 0.200.